The third kappa shape index (κ3) is 5.63. The van der Waals surface area contributed by atoms with Crippen LogP contribution in [0, 0.1) is 0 Å². The lowest BCUT2D eigenvalue weighted by Crippen LogP contribution is -2.21. The Hall–Kier alpha value is -3.13. The van der Waals surface area contributed by atoms with E-state index in [0.29, 0.717) is 26.7 Å². The second-order valence-electron chi connectivity index (χ2n) is 6.98. The van der Waals surface area contributed by atoms with Gasteiger partial charge in [0.05, 0.1) is 11.5 Å². The van der Waals surface area contributed by atoms with Crippen molar-refractivity contribution in [1.29, 1.82) is 0 Å². The fourth-order valence-electron chi connectivity index (χ4n) is 3.08. The Bertz CT molecular complexity index is 1290. The van der Waals surface area contributed by atoms with Crippen molar-refractivity contribution in [3.8, 4) is 17.1 Å². The Kier molecular flexibility index (Phi) is 7.44. The molecule has 0 saturated heterocycles. The number of nitrogens with one attached hydrogen (secondary N) is 1. The fourth-order valence-corrected chi connectivity index (χ4v) is 4.23. The highest BCUT2D eigenvalue weighted by atomic mass is 35.5. The van der Waals surface area contributed by atoms with Crippen LogP contribution in [0.15, 0.2) is 89.1 Å². The van der Waals surface area contributed by atoms with E-state index in [9.17, 15) is 4.79 Å². The number of hydrogen-bond donors (Lipinski definition) is 1. The van der Waals surface area contributed by atoms with E-state index in [-0.39, 0.29) is 11.7 Å². The Morgan fingerprint density at radius 2 is 1.67 bits per heavy atom. The lowest BCUT2D eigenvalue weighted by atomic mass is 10.1. The third-order valence-corrected chi connectivity index (χ3v) is 6.21. The second kappa shape index (κ2) is 10.7. The summed E-state index contributed by atoms with van der Waals surface area (Å²) < 4.78 is 1.92. The first-order valence-electron chi connectivity index (χ1n) is 10.0. The molecule has 6 nitrogen and oxygen atoms in total. The lowest BCUT2D eigenvalue weighted by molar-refractivity contribution is -0.118. The van der Waals surface area contributed by atoms with Crippen molar-refractivity contribution in [2.45, 2.75) is 12.1 Å². The van der Waals surface area contributed by atoms with Crippen molar-refractivity contribution in [2.24, 2.45) is 5.10 Å². The summed E-state index contributed by atoms with van der Waals surface area (Å²) >= 11 is 13.5. The van der Waals surface area contributed by atoms with Gasteiger partial charge in [-0.15, -0.1) is 10.2 Å². The average Bonchev–Trinajstić information content (AvgIpc) is 3.26. The Morgan fingerprint density at radius 1 is 0.970 bits per heavy atom. The summed E-state index contributed by atoms with van der Waals surface area (Å²) in [6.45, 7) is 1.79. The predicted octanol–water partition coefficient (Wildman–Crippen LogP) is 5.87. The summed E-state index contributed by atoms with van der Waals surface area (Å²) in [6.07, 6.45) is 0. The Morgan fingerprint density at radius 3 is 2.39 bits per heavy atom. The van der Waals surface area contributed by atoms with Crippen LogP contribution in [0.4, 0.5) is 0 Å². The zero-order chi connectivity index (χ0) is 23.2. The average molecular weight is 496 g/mol. The van der Waals surface area contributed by atoms with Gasteiger partial charge in [0.1, 0.15) is 0 Å². The number of benzene rings is 3. The van der Waals surface area contributed by atoms with Crippen LogP contribution in [0.1, 0.15) is 12.5 Å². The van der Waals surface area contributed by atoms with Crippen molar-refractivity contribution < 1.29 is 4.79 Å². The number of hydrazone groups is 1. The summed E-state index contributed by atoms with van der Waals surface area (Å²) in [5.74, 6) is 0.514. The van der Waals surface area contributed by atoms with Gasteiger partial charge >= 0.3 is 0 Å². The van der Waals surface area contributed by atoms with E-state index in [1.807, 2.05) is 65.2 Å². The van der Waals surface area contributed by atoms with Crippen LogP contribution in [-0.2, 0) is 4.79 Å². The van der Waals surface area contributed by atoms with Crippen LogP contribution in [0.3, 0.4) is 0 Å². The largest absolute Gasteiger partial charge is 0.272 e. The first-order chi connectivity index (χ1) is 16.0. The van der Waals surface area contributed by atoms with Crippen LogP contribution in [0.2, 0.25) is 10.0 Å². The van der Waals surface area contributed by atoms with Gasteiger partial charge in [0.25, 0.3) is 5.91 Å². The molecule has 0 radical (unpaired) electrons. The van der Waals surface area contributed by atoms with E-state index >= 15 is 0 Å². The lowest BCUT2D eigenvalue weighted by Gasteiger charge is -2.10. The number of carbonyl (C=O) groups excluding carboxylic acids is 1. The van der Waals surface area contributed by atoms with E-state index < -0.39 is 0 Å². The standard InChI is InChI=1S/C24H19Cl2N5OS/c1-16(20-9-5-6-10-21(20)26)27-28-22(32)15-33-24-30-29-23(17-11-13-18(25)14-12-17)31(24)19-7-3-2-4-8-19/h2-14H,15H2,1H3,(H,28,32)/b27-16+. The van der Waals surface area contributed by atoms with Crippen LogP contribution >= 0.6 is 35.0 Å². The smallest absolute Gasteiger partial charge is 0.250 e. The number of nitrogens with zero attached hydrogens (tertiary/aromatic N) is 4. The van der Waals surface area contributed by atoms with Crippen molar-refractivity contribution >= 4 is 46.6 Å². The number of rotatable bonds is 7. The molecular formula is C24H19Cl2N5OS. The van der Waals surface area contributed by atoms with Crippen molar-refractivity contribution in [3.63, 3.8) is 0 Å². The van der Waals surface area contributed by atoms with Gasteiger partial charge in [0.15, 0.2) is 11.0 Å². The van der Waals surface area contributed by atoms with Gasteiger partial charge in [0, 0.05) is 26.9 Å². The second-order valence-corrected chi connectivity index (χ2v) is 8.77. The third-order valence-electron chi connectivity index (χ3n) is 4.69. The molecule has 4 aromatic rings. The number of halogens is 2. The van der Waals surface area contributed by atoms with E-state index in [2.05, 4.69) is 20.7 Å². The summed E-state index contributed by atoms with van der Waals surface area (Å²) in [6, 6.07) is 24.5. The minimum atomic E-state index is -0.262. The molecule has 0 aliphatic rings. The van der Waals surface area contributed by atoms with Crippen LogP contribution in [-0.4, -0.2) is 32.1 Å². The number of aromatic nitrogens is 3. The minimum absolute atomic E-state index is 0.116. The molecule has 0 unspecified atom stereocenters. The minimum Gasteiger partial charge on any atom is -0.272 e. The highest BCUT2D eigenvalue weighted by Gasteiger charge is 2.17. The predicted molar refractivity (Wildman–Crippen MR) is 134 cm³/mol. The van der Waals surface area contributed by atoms with Crippen molar-refractivity contribution in [3.05, 3.63) is 94.5 Å². The van der Waals surface area contributed by atoms with E-state index in [4.69, 9.17) is 23.2 Å². The van der Waals surface area contributed by atoms with E-state index in [0.717, 1.165) is 16.8 Å². The van der Waals surface area contributed by atoms with E-state index in [1.54, 1.807) is 25.1 Å². The summed E-state index contributed by atoms with van der Waals surface area (Å²) in [7, 11) is 0. The summed E-state index contributed by atoms with van der Waals surface area (Å²) in [5, 5.41) is 14.7. The summed E-state index contributed by atoms with van der Waals surface area (Å²) in [5.41, 5.74) is 5.73. The SMILES string of the molecule is C/C(=N\NC(=O)CSc1nnc(-c2ccc(Cl)cc2)n1-c1ccccc1)c1ccccc1Cl. The van der Waals surface area contributed by atoms with Gasteiger partial charge in [-0.3, -0.25) is 9.36 Å². The van der Waals surface area contributed by atoms with Gasteiger partial charge in [-0.25, -0.2) is 5.43 Å². The Balaban J connectivity index is 1.52. The molecule has 33 heavy (non-hydrogen) atoms. The molecule has 1 heterocycles. The highest BCUT2D eigenvalue weighted by Crippen LogP contribution is 2.28. The quantitative estimate of drug-likeness (QED) is 0.197. The molecule has 0 fully saturated rings. The zero-order valence-corrected chi connectivity index (χ0v) is 19.9. The molecule has 166 valence electrons. The molecule has 9 heteroatoms. The molecule has 3 aromatic carbocycles. The molecule has 0 spiro atoms. The Labute approximate surface area is 205 Å². The first kappa shape index (κ1) is 23.0. The maximum Gasteiger partial charge on any atom is 0.250 e. The molecule has 0 bridgehead atoms. The molecule has 0 atom stereocenters. The van der Waals surface area contributed by atoms with Gasteiger partial charge < -0.3 is 0 Å². The van der Waals surface area contributed by atoms with Crippen molar-refractivity contribution in [2.75, 3.05) is 5.75 Å². The monoisotopic (exact) mass is 495 g/mol. The molecule has 0 aliphatic carbocycles. The zero-order valence-electron chi connectivity index (χ0n) is 17.6. The topological polar surface area (TPSA) is 72.2 Å². The van der Waals surface area contributed by atoms with Gasteiger partial charge in [-0.1, -0.05) is 71.4 Å². The maximum atomic E-state index is 12.5. The van der Waals surface area contributed by atoms with Gasteiger partial charge in [0.2, 0.25) is 0 Å². The molecule has 4 rings (SSSR count). The van der Waals surface area contributed by atoms with Crippen LogP contribution in [0.25, 0.3) is 17.1 Å². The molecule has 1 amide bonds. The fraction of sp³-hybridized carbons (Fsp3) is 0.0833. The number of hydrogen-bond acceptors (Lipinski definition) is 5. The number of para-hydroxylation sites is 1. The maximum absolute atomic E-state index is 12.5. The van der Waals surface area contributed by atoms with Crippen LogP contribution in [0.5, 0.6) is 0 Å². The molecular weight excluding hydrogens is 477 g/mol. The highest BCUT2D eigenvalue weighted by molar-refractivity contribution is 7.99. The number of carbonyl (C=O) groups is 1. The van der Waals surface area contributed by atoms with Crippen molar-refractivity contribution in [1.82, 2.24) is 20.2 Å². The normalized spacial score (nSPS) is 11.4. The van der Waals surface area contributed by atoms with Crippen LogP contribution < -0.4 is 5.43 Å². The van der Waals surface area contributed by atoms with Gasteiger partial charge in [-0.2, -0.15) is 5.10 Å². The number of thioether (sulfide) groups is 1. The molecule has 0 saturated carbocycles. The summed E-state index contributed by atoms with van der Waals surface area (Å²) in [4.78, 5) is 12.5. The van der Waals surface area contributed by atoms with Gasteiger partial charge in [-0.05, 0) is 49.4 Å². The first-order valence-corrected chi connectivity index (χ1v) is 11.7. The molecule has 1 aromatic heterocycles. The molecule has 0 aliphatic heterocycles. The molecule has 1 N–H and O–H groups in total. The van der Waals surface area contributed by atoms with E-state index in [1.165, 1.54) is 11.8 Å². The number of amides is 1.